The Morgan fingerprint density at radius 3 is 1.81 bits per heavy atom. The first-order valence-corrected chi connectivity index (χ1v) is 7.63. The van der Waals surface area contributed by atoms with E-state index in [1.807, 2.05) is 12.1 Å². The quantitative estimate of drug-likeness (QED) is 0.596. The van der Waals surface area contributed by atoms with E-state index in [-0.39, 0.29) is 26.8 Å². The average Bonchev–Trinajstić information content (AvgIpc) is 2.36. The molecule has 0 bridgehead atoms. The van der Waals surface area contributed by atoms with Crippen LogP contribution in [0, 0.1) is 0 Å². The minimum absolute atomic E-state index is 0.0388. The summed E-state index contributed by atoms with van der Waals surface area (Å²) < 4.78 is 0. The van der Waals surface area contributed by atoms with Crippen LogP contribution in [0.1, 0.15) is 42.3 Å². The van der Waals surface area contributed by atoms with Crippen LogP contribution in [0.2, 0.25) is 15.1 Å². The number of ketones is 1. The van der Waals surface area contributed by atoms with Gasteiger partial charge in [-0.25, -0.2) is 0 Å². The van der Waals surface area contributed by atoms with Gasteiger partial charge in [-0.2, -0.15) is 0 Å². The standard InChI is InChI=1S/C17H15Cl3O/c1-17(2,3)11-6-4-10(5-7-11)16(21)15-13(19)8-12(18)9-14(15)20/h4-9H,1-3H3. The van der Waals surface area contributed by atoms with Crippen molar-refractivity contribution in [1.29, 1.82) is 0 Å². The van der Waals surface area contributed by atoms with E-state index < -0.39 is 0 Å². The van der Waals surface area contributed by atoms with Crippen molar-refractivity contribution in [3.63, 3.8) is 0 Å². The van der Waals surface area contributed by atoms with Gasteiger partial charge in [-0.1, -0.05) is 79.8 Å². The normalized spacial score (nSPS) is 11.5. The molecule has 21 heavy (non-hydrogen) atoms. The number of carbonyl (C=O) groups excluding carboxylic acids is 1. The lowest BCUT2D eigenvalue weighted by atomic mass is 9.86. The summed E-state index contributed by atoms with van der Waals surface area (Å²) >= 11 is 18.1. The van der Waals surface area contributed by atoms with Crippen molar-refractivity contribution in [3.8, 4) is 0 Å². The summed E-state index contributed by atoms with van der Waals surface area (Å²) in [6.45, 7) is 6.37. The van der Waals surface area contributed by atoms with Gasteiger partial charge in [0.1, 0.15) is 0 Å². The van der Waals surface area contributed by atoms with Gasteiger partial charge in [0.2, 0.25) is 0 Å². The van der Waals surface area contributed by atoms with E-state index in [0.717, 1.165) is 5.56 Å². The highest BCUT2D eigenvalue weighted by Crippen LogP contribution is 2.31. The molecule has 0 atom stereocenters. The number of hydrogen-bond donors (Lipinski definition) is 0. The molecule has 0 aliphatic carbocycles. The van der Waals surface area contributed by atoms with E-state index in [4.69, 9.17) is 34.8 Å². The van der Waals surface area contributed by atoms with Crippen LogP contribution >= 0.6 is 34.8 Å². The molecule has 2 rings (SSSR count). The van der Waals surface area contributed by atoms with Crippen LogP contribution in [0.25, 0.3) is 0 Å². The number of hydrogen-bond acceptors (Lipinski definition) is 1. The fraction of sp³-hybridized carbons (Fsp3) is 0.235. The zero-order valence-corrected chi connectivity index (χ0v) is 14.3. The molecule has 0 N–H and O–H groups in total. The molecule has 0 fully saturated rings. The minimum Gasteiger partial charge on any atom is -0.288 e. The summed E-state index contributed by atoms with van der Waals surface area (Å²) in [6.07, 6.45) is 0. The molecule has 0 aromatic heterocycles. The molecule has 4 heteroatoms. The molecule has 1 nitrogen and oxygen atoms in total. The molecule has 110 valence electrons. The zero-order chi connectivity index (χ0) is 15.8. The van der Waals surface area contributed by atoms with E-state index in [2.05, 4.69) is 20.8 Å². The van der Waals surface area contributed by atoms with Gasteiger partial charge >= 0.3 is 0 Å². The van der Waals surface area contributed by atoms with Crippen molar-refractivity contribution in [2.24, 2.45) is 0 Å². The molecule has 0 aliphatic rings. The second kappa shape index (κ2) is 6.00. The topological polar surface area (TPSA) is 17.1 Å². The smallest absolute Gasteiger partial charge is 0.196 e. The van der Waals surface area contributed by atoms with E-state index in [9.17, 15) is 4.79 Å². The van der Waals surface area contributed by atoms with Crippen molar-refractivity contribution >= 4 is 40.6 Å². The second-order valence-corrected chi connectivity index (χ2v) is 7.15. The van der Waals surface area contributed by atoms with E-state index in [1.54, 1.807) is 12.1 Å². The van der Waals surface area contributed by atoms with Crippen LogP contribution in [0.15, 0.2) is 36.4 Å². The molecule has 0 saturated carbocycles. The van der Waals surface area contributed by atoms with Gasteiger partial charge in [0.15, 0.2) is 5.78 Å². The van der Waals surface area contributed by atoms with Crippen LogP contribution in [0.3, 0.4) is 0 Å². The lowest BCUT2D eigenvalue weighted by Crippen LogP contribution is -2.11. The molecule has 0 saturated heterocycles. The second-order valence-electron chi connectivity index (χ2n) is 5.90. The molecule has 0 aliphatic heterocycles. The van der Waals surface area contributed by atoms with Gasteiger partial charge in [-0.15, -0.1) is 0 Å². The van der Waals surface area contributed by atoms with Gasteiger partial charge in [-0.05, 0) is 23.1 Å². The van der Waals surface area contributed by atoms with Crippen molar-refractivity contribution in [1.82, 2.24) is 0 Å². The van der Waals surface area contributed by atoms with Crippen LogP contribution in [0.4, 0.5) is 0 Å². The Labute approximate surface area is 139 Å². The maximum absolute atomic E-state index is 12.5. The lowest BCUT2D eigenvalue weighted by molar-refractivity contribution is 0.103. The van der Waals surface area contributed by atoms with E-state index >= 15 is 0 Å². The minimum atomic E-state index is -0.206. The first-order chi connectivity index (χ1) is 9.70. The Kier molecular flexibility index (Phi) is 4.67. The molecule has 0 heterocycles. The molecular formula is C17H15Cl3O. The first-order valence-electron chi connectivity index (χ1n) is 6.50. The van der Waals surface area contributed by atoms with Crippen molar-refractivity contribution < 1.29 is 4.79 Å². The largest absolute Gasteiger partial charge is 0.288 e. The monoisotopic (exact) mass is 340 g/mol. The summed E-state index contributed by atoms with van der Waals surface area (Å²) in [5, 5.41) is 0.930. The van der Waals surface area contributed by atoms with Crippen molar-refractivity contribution in [2.75, 3.05) is 0 Å². The van der Waals surface area contributed by atoms with Crippen LogP contribution in [0.5, 0.6) is 0 Å². The number of rotatable bonds is 2. The maximum Gasteiger partial charge on any atom is 0.196 e. The molecule has 0 unspecified atom stereocenters. The lowest BCUT2D eigenvalue weighted by Gasteiger charge is -2.19. The predicted octanol–water partition coefficient (Wildman–Crippen LogP) is 6.18. The van der Waals surface area contributed by atoms with Crippen LogP contribution in [-0.2, 0) is 5.41 Å². The fourth-order valence-corrected chi connectivity index (χ4v) is 3.01. The average molecular weight is 342 g/mol. The van der Waals surface area contributed by atoms with Gasteiger partial charge in [0.05, 0.1) is 15.6 Å². The van der Waals surface area contributed by atoms with Crippen LogP contribution in [-0.4, -0.2) is 5.78 Å². The van der Waals surface area contributed by atoms with Crippen molar-refractivity contribution in [3.05, 3.63) is 68.2 Å². The van der Waals surface area contributed by atoms with Gasteiger partial charge in [0.25, 0.3) is 0 Å². The highest BCUT2D eigenvalue weighted by atomic mass is 35.5. The summed E-state index contributed by atoms with van der Waals surface area (Å²) in [5.74, 6) is -0.206. The SMILES string of the molecule is CC(C)(C)c1ccc(C(=O)c2c(Cl)cc(Cl)cc2Cl)cc1. The maximum atomic E-state index is 12.5. The Hall–Kier alpha value is -1.02. The molecule has 2 aromatic carbocycles. The van der Waals surface area contributed by atoms with Gasteiger partial charge in [0, 0.05) is 10.6 Å². The fourth-order valence-electron chi connectivity index (χ4n) is 2.03. The van der Waals surface area contributed by atoms with Gasteiger partial charge < -0.3 is 0 Å². The molecule has 0 amide bonds. The summed E-state index contributed by atoms with van der Waals surface area (Å²) in [4.78, 5) is 12.5. The van der Waals surface area contributed by atoms with Crippen molar-refractivity contribution in [2.45, 2.75) is 26.2 Å². The Morgan fingerprint density at radius 1 is 0.905 bits per heavy atom. The van der Waals surface area contributed by atoms with E-state index in [0.29, 0.717) is 10.6 Å². The summed E-state index contributed by atoms with van der Waals surface area (Å²) in [6, 6.07) is 10.5. The van der Waals surface area contributed by atoms with Crippen LogP contribution < -0.4 is 0 Å². The molecule has 0 spiro atoms. The number of halogens is 3. The molecule has 0 radical (unpaired) electrons. The first kappa shape index (κ1) is 16.4. The number of benzene rings is 2. The third kappa shape index (κ3) is 3.60. The third-order valence-electron chi connectivity index (χ3n) is 3.25. The molecular weight excluding hydrogens is 327 g/mol. The third-order valence-corrected chi connectivity index (χ3v) is 4.06. The summed E-state index contributed by atoms with van der Waals surface area (Å²) in [5.41, 5.74) is 2.03. The number of carbonyl (C=O) groups is 1. The van der Waals surface area contributed by atoms with E-state index in [1.165, 1.54) is 12.1 Å². The summed E-state index contributed by atoms with van der Waals surface area (Å²) in [7, 11) is 0. The van der Waals surface area contributed by atoms with Gasteiger partial charge in [-0.3, -0.25) is 4.79 Å². The Balaban J connectivity index is 2.42. The Bertz CT molecular complexity index is 659. The Morgan fingerprint density at radius 2 is 1.38 bits per heavy atom. The highest BCUT2D eigenvalue weighted by molar-refractivity contribution is 6.43. The predicted molar refractivity (Wildman–Crippen MR) is 90.0 cm³/mol. The molecule has 2 aromatic rings. The highest BCUT2D eigenvalue weighted by Gasteiger charge is 2.19. The zero-order valence-electron chi connectivity index (χ0n) is 12.0.